The summed E-state index contributed by atoms with van der Waals surface area (Å²) in [6.07, 6.45) is 2.18. The molecule has 0 aliphatic carbocycles. The highest BCUT2D eigenvalue weighted by atomic mass is 35.5. The van der Waals surface area contributed by atoms with Crippen LogP contribution >= 0.6 is 11.6 Å². The standard InChI is InChI=1S/C26H20ClN3O3/c1-33-25-12-10-22(15-28-25)30-26(32)20-9-11-24(27)23(14-20)18-7-5-17(6-8-18)19-3-2-4-21(13-19)29-16-31/h2-16H,1H3,(H,29,31)(H,30,32). The summed E-state index contributed by atoms with van der Waals surface area (Å²) >= 11 is 6.44. The fourth-order valence-corrected chi connectivity index (χ4v) is 3.59. The minimum Gasteiger partial charge on any atom is -0.481 e. The second-order valence-corrected chi connectivity index (χ2v) is 7.57. The quantitative estimate of drug-likeness (QED) is 0.339. The number of carbonyl (C=O) groups is 2. The summed E-state index contributed by atoms with van der Waals surface area (Å²) in [5.74, 6) is 0.202. The second kappa shape index (κ2) is 9.97. The molecule has 0 unspecified atom stereocenters. The molecule has 164 valence electrons. The van der Waals surface area contributed by atoms with Crippen molar-refractivity contribution in [2.24, 2.45) is 0 Å². The van der Waals surface area contributed by atoms with Gasteiger partial charge in [0.05, 0.1) is 19.0 Å². The average Bonchev–Trinajstić information content (AvgIpc) is 2.85. The predicted octanol–water partition coefficient (Wildman–Crippen LogP) is 5.90. The van der Waals surface area contributed by atoms with Crippen molar-refractivity contribution in [1.29, 1.82) is 0 Å². The first-order chi connectivity index (χ1) is 16.1. The molecular weight excluding hydrogens is 438 g/mol. The highest BCUT2D eigenvalue weighted by Gasteiger charge is 2.12. The molecule has 0 spiro atoms. The van der Waals surface area contributed by atoms with Gasteiger partial charge in [-0.1, -0.05) is 48.0 Å². The number of rotatable bonds is 7. The Hall–Kier alpha value is -4.16. The van der Waals surface area contributed by atoms with Gasteiger partial charge in [-0.25, -0.2) is 4.98 Å². The number of carbonyl (C=O) groups excluding carboxylic acids is 2. The maximum absolute atomic E-state index is 12.7. The van der Waals surface area contributed by atoms with E-state index in [1.165, 1.54) is 13.3 Å². The van der Waals surface area contributed by atoms with Gasteiger partial charge in [0.1, 0.15) is 0 Å². The van der Waals surface area contributed by atoms with E-state index < -0.39 is 0 Å². The molecule has 0 aliphatic heterocycles. The van der Waals surface area contributed by atoms with E-state index in [2.05, 4.69) is 15.6 Å². The van der Waals surface area contributed by atoms with E-state index in [1.54, 1.807) is 30.3 Å². The van der Waals surface area contributed by atoms with Crippen molar-refractivity contribution in [2.45, 2.75) is 0 Å². The van der Waals surface area contributed by atoms with Gasteiger partial charge in [0.15, 0.2) is 0 Å². The molecule has 1 heterocycles. The van der Waals surface area contributed by atoms with Gasteiger partial charge in [-0.15, -0.1) is 0 Å². The Labute approximate surface area is 196 Å². The molecule has 0 aliphatic rings. The number of aromatic nitrogens is 1. The molecule has 1 aromatic heterocycles. The van der Waals surface area contributed by atoms with Crippen LogP contribution in [0.1, 0.15) is 10.4 Å². The highest BCUT2D eigenvalue weighted by molar-refractivity contribution is 6.33. The number of hydrogen-bond donors (Lipinski definition) is 2. The third-order valence-electron chi connectivity index (χ3n) is 5.05. The minimum absolute atomic E-state index is 0.268. The Kier molecular flexibility index (Phi) is 6.66. The van der Waals surface area contributed by atoms with Crippen LogP contribution in [0.2, 0.25) is 5.02 Å². The molecule has 3 aromatic carbocycles. The predicted molar refractivity (Wildman–Crippen MR) is 131 cm³/mol. The number of halogens is 1. The normalized spacial score (nSPS) is 10.4. The zero-order valence-electron chi connectivity index (χ0n) is 17.7. The van der Waals surface area contributed by atoms with E-state index >= 15 is 0 Å². The highest BCUT2D eigenvalue weighted by Crippen LogP contribution is 2.31. The molecule has 0 radical (unpaired) electrons. The van der Waals surface area contributed by atoms with Crippen molar-refractivity contribution in [3.8, 4) is 28.1 Å². The van der Waals surface area contributed by atoms with Crippen LogP contribution < -0.4 is 15.4 Å². The van der Waals surface area contributed by atoms with Gasteiger partial charge in [-0.05, 0) is 53.1 Å². The van der Waals surface area contributed by atoms with E-state index in [1.807, 2.05) is 48.5 Å². The lowest BCUT2D eigenvalue weighted by molar-refractivity contribution is -0.105. The van der Waals surface area contributed by atoms with Crippen LogP contribution in [0.15, 0.2) is 85.1 Å². The average molecular weight is 458 g/mol. The number of nitrogens with one attached hydrogen (secondary N) is 2. The SMILES string of the molecule is COc1ccc(NC(=O)c2ccc(Cl)c(-c3ccc(-c4cccc(NC=O)c4)cc3)c2)cn1. The van der Waals surface area contributed by atoms with Crippen molar-refractivity contribution >= 4 is 35.3 Å². The molecular formula is C26H20ClN3O3. The summed E-state index contributed by atoms with van der Waals surface area (Å²) in [6.45, 7) is 0. The number of hydrogen-bond acceptors (Lipinski definition) is 4. The summed E-state index contributed by atoms with van der Waals surface area (Å²) in [5, 5.41) is 6.02. The van der Waals surface area contributed by atoms with Crippen LogP contribution in [0.5, 0.6) is 5.88 Å². The molecule has 6 nitrogen and oxygen atoms in total. The van der Waals surface area contributed by atoms with Gasteiger partial charge < -0.3 is 15.4 Å². The van der Waals surface area contributed by atoms with Crippen LogP contribution in [0.4, 0.5) is 11.4 Å². The summed E-state index contributed by atoms with van der Waals surface area (Å²) in [7, 11) is 1.53. The van der Waals surface area contributed by atoms with Crippen molar-refractivity contribution in [2.75, 3.05) is 17.7 Å². The smallest absolute Gasteiger partial charge is 0.255 e. The number of anilines is 2. The zero-order chi connectivity index (χ0) is 23.2. The molecule has 33 heavy (non-hydrogen) atoms. The van der Waals surface area contributed by atoms with E-state index in [4.69, 9.17) is 16.3 Å². The Morgan fingerprint density at radius 3 is 2.39 bits per heavy atom. The van der Waals surface area contributed by atoms with Crippen molar-refractivity contribution in [1.82, 2.24) is 4.98 Å². The molecule has 2 N–H and O–H groups in total. The molecule has 0 atom stereocenters. The number of pyridine rings is 1. The number of methoxy groups -OCH3 is 1. The summed E-state index contributed by atoms with van der Waals surface area (Å²) in [4.78, 5) is 27.5. The van der Waals surface area contributed by atoms with Crippen LogP contribution in [0, 0.1) is 0 Å². The van der Waals surface area contributed by atoms with E-state index in [-0.39, 0.29) is 5.91 Å². The molecule has 4 rings (SSSR count). The Morgan fingerprint density at radius 2 is 1.70 bits per heavy atom. The van der Waals surface area contributed by atoms with Crippen molar-refractivity contribution in [3.63, 3.8) is 0 Å². The number of amides is 2. The van der Waals surface area contributed by atoms with Crippen LogP contribution in [-0.2, 0) is 4.79 Å². The number of ether oxygens (including phenoxy) is 1. The first kappa shape index (κ1) is 22.0. The molecule has 0 saturated carbocycles. The molecule has 2 amide bonds. The van der Waals surface area contributed by atoms with Gasteiger partial charge in [0.25, 0.3) is 5.91 Å². The molecule has 0 bridgehead atoms. The summed E-state index contributed by atoms with van der Waals surface area (Å²) in [6, 6.07) is 24.0. The molecule has 7 heteroatoms. The Morgan fingerprint density at radius 1 is 0.909 bits per heavy atom. The first-order valence-corrected chi connectivity index (χ1v) is 10.5. The molecule has 0 fully saturated rings. The summed E-state index contributed by atoms with van der Waals surface area (Å²) < 4.78 is 5.03. The first-order valence-electron chi connectivity index (χ1n) is 10.1. The Bertz CT molecular complexity index is 1290. The second-order valence-electron chi connectivity index (χ2n) is 7.16. The third kappa shape index (κ3) is 5.19. The maximum atomic E-state index is 12.7. The van der Waals surface area contributed by atoms with Gasteiger partial charge in [0, 0.05) is 27.9 Å². The van der Waals surface area contributed by atoms with Crippen LogP contribution in [-0.4, -0.2) is 24.4 Å². The topological polar surface area (TPSA) is 80.3 Å². The Balaban J connectivity index is 1.56. The third-order valence-corrected chi connectivity index (χ3v) is 5.38. The fourth-order valence-electron chi connectivity index (χ4n) is 3.36. The van der Waals surface area contributed by atoms with Crippen molar-refractivity contribution < 1.29 is 14.3 Å². The van der Waals surface area contributed by atoms with E-state index in [9.17, 15) is 9.59 Å². The van der Waals surface area contributed by atoms with Crippen molar-refractivity contribution in [3.05, 3.63) is 95.6 Å². The van der Waals surface area contributed by atoms with Gasteiger partial charge in [-0.3, -0.25) is 9.59 Å². The van der Waals surface area contributed by atoms with Gasteiger partial charge >= 0.3 is 0 Å². The van der Waals surface area contributed by atoms with Crippen LogP contribution in [0.3, 0.4) is 0 Å². The van der Waals surface area contributed by atoms with E-state index in [0.717, 1.165) is 27.9 Å². The molecule has 0 saturated heterocycles. The van der Waals surface area contributed by atoms with Gasteiger partial charge in [-0.2, -0.15) is 0 Å². The fraction of sp³-hybridized carbons (Fsp3) is 0.0385. The zero-order valence-corrected chi connectivity index (χ0v) is 18.5. The largest absolute Gasteiger partial charge is 0.481 e. The maximum Gasteiger partial charge on any atom is 0.255 e. The lowest BCUT2D eigenvalue weighted by Gasteiger charge is -2.10. The minimum atomic E-state index is -0.268. The number of benzene rings is 3. The van der Waals surface area contributed by atoms with E-state index in [0.29, 0.717) is 28.6 Å². The van der Waals surface area contributed by atoms with Crippen LogP contribution in [0.25, 0.3) is 22.3 Å². The number of nitrogens with zero attached hydrogens (tertiary/aromatic N) is 1. The summed E-state index contributed by atoms with van der Waals surface area (Å²) in [5.41, 5.74) is 5.35. The molecule has 4 aromatic rings. The van der Waals surface area contributed by atoms with Gasteiger partial charge in [0.2, 0.25) is 12.3 Å². The lowest BCUT2D eigenvalue weighted by atomic mass is 9.98. The lowest BCUT2D eigenvalue weighted by Crippen LogP contribution is -2.12. The monoisotopic (exact) mass is 457 g/mol.